The van der Waals surface area contributed by atoms with E-state index in [0.717, 1.165) is 0 Å². The largest absolute Gasteiger partial charge is 0.300 e. The topological polar surface area (TPSA) is 101 Å². The fourth-order valence-corrected chi connectivity index (χ4v) is 4.41. The maximum atomic E-state index is 12.4. The maximum absolute atomic E-state index is 12.4. The predicted molar refractivity (Wildman–Crippen MR) is 106 cm³/mol. The van der Waals surface area contributed by atoms with E-state index in [1.807, 2.05) is 0 Å². The van der Waals surface area contributed by atoms with Crippen LogP contribution in [0.25, 0.3) is 0 Å². The van der Waals surface area contributed by atoms with E-state index >= 15 is 0 Å². The Labute approximate surface area is 169 Å². The molecule has 2 N–H and O–H groups in total. The summed E-state index contributed by atoms with van der Waals surface area (Å²) in [5.41, 5.74) is 2.58. The van der Waals surface area contributed by atoms with E-state index < -0.39 is 10.0 Å². The lowest BCUT2D eigenvalue weighted by atomic mass is 10.1. The number of hydrogen-bond acceptors (Lipinski definition) is 6. The molecule has 0 aliphatic rings. The van der Waals surface area contributed by atoms with Crippen LogP contribution in [0.3, 0.4) is 0 Å². The normalized spacial score (nSPS) is 11.2. The number of anilines is 2. The van der Waals surface area contributed by atoms with Gasteiger partial charge in [-0.25, -0.2) is 8.42 Å². The van der Waals surface area contributed by atoms with Crippen molar-refractivity contribution in [3.05, 3.63) is 63.6 Å². The van der Waals surface area contributed by atoms with Gasteiger partial charge in [0, 0.05) is 15.7 Å². The monoisotopic (exact) mass is 442 g/mol. The van der Waals surface area contributed by atoms with Crippen LogP contribution in [-0.4, -0.2) is 24.5 Å². The number of amides is 1. The lowest BCUT2D eigenvalue weighted by molar-refractivity contribution is -0.115. The highest BCUT2D eigenvalue weighted by molar-refractivity contribution is 7.92. The molecule has 3 rings (SSSR count). The zero-order chi connectivity index (χ0) is 19.4. The fourth-order valence-electron chi connectivity index (χ4n) is 2.16. The number of nitrogens with one attached hydrogen (secondary N) is 2. The zero-order valence-corrected chi connectivity index (χ0v) is 16.7. The summed E-state index contributed by atoms with van der Waals surface area (Å²) in [6.07, 6.45) is 0.122. The van der Waals surface area contributed by atoms with E-state index in [4.69, 9.17) is 23.2 Å². The van der Waals surface area contributed by atoms with Crippen LogP contribution in [-0.2, 0) is 21.2 Å². The molecule has 0 radical (unpaired) electrons. The van der Waals surface area contributed by atoms with Crippen molar-refractivity contribution in [3.8, 4) is 0 Å². The Morgan fingerprint density at radius 3 is 2.33 bits per heavy atom. The second-order valence-electron chi connectivity index (χ2n) is 5.38. The number of carbonyl (C=O) groups is 1. The van der Waals surface area contributed by atoms with Crippen LogP contribution in [0.1, 0.15) is 5.56 Å². The van der Waals surface area contributed by atoms with Gasteiger partial charge in [-0.1, -0.05) is 46.7 Å². The second kappa shape index (κ2) is 8.22. The molecular formula is C16H12Cl2N4O3S2. The van der Waals surface area contributed by atoms with Crippen molar-refractivity contribution >= 4 is 61.3 Å². The first-order valence-corrected chi connectivity index (χ1v) is 10.6. The number of benzene rings is 2. The van der Waals surface area contributed by atoms with Crippen molar-refractivity contribution in [2.24, 2.45) is 0 Å². The first-order chi connectivity index (χ1) is 12.8. The molecule has 1 heterocycles. The van der Waals surface area contributed by atoms with Gasteiger partial charge in [0.05, 0.1) is 11.3 Å². The van der Waals surface area contributed by atoms with E-state index in [9.17, 15) is 13.2 Å². The van der Waals surface area contributed by atoms with Crippen LogP contribution in [0.2, 0.25) is 10.0 Å². The van der Waals surface area contributed by atoms with Gasteiger partial charge in [-0.3, -0.25) is 9.52 Å². The van der Waals surface area contributed by atoms with Gasteiger partial charge in [0.2, 0.25) is 11.0 Å². The van der Waals surface area contributed by atoms with E-state index in [1.165, 1.54) is 35.0 Å². The van der Waals surface area contributed by atoms with Crippen LogP contribution < -0.4 is 10.0 Å². The summed E-state index contributed by atoms with van der Waals surface area (Å²) < 4.78 is 27.3. The number of sulfonamides is 1. The van der Waals surface area contributed by atoms with Crippen molar-refractivity contribution in [2.45, 2.75) is 11.3 Å². The molecule has 0 bridgehead atoms. The third kappa shape index (κ3) is 5.39. The molecule has 1 aromatic heterocycles. The third-order valence-electron chi connectivity index (χ3n) is 3.32. The van der Waals surface area contributed by atoms with Crippen LogP contribution in [0, 0.1) is 0 Å². The molecule has 0 spiro atoms. The second-order valence-corrected chi connectivity index (χ2v) is 8.76. The molecule has 0 saturated heterocycles. The van der Waals surface area contributed by atoms with Crippen molar-refractivity contribution < 1.29 is 13.2 Å². The molecule has 140 valence electrons. The Kier molecular flexibility index (Phi) is 5.95. The summed E-state index contributed by atoms with van der Waals surface area (Å²) in [4.78, 5) is 11.9. The first kappa shape index (κ1) is 19.6. The van der Waals surface area contributed by atoms with Crippen LogP contribution in [0.5, 0.6) is 0 Å². The number of carbonyl (C=O) groups excluding carboxylic acids is 1. The predicted octanol–water partition coefficient (Wildman–Crippen LogP) is 3.83. The molecular weight excluding hydrogens is 431 g/mol. The Hall–Kier alpha value is -2.20. The summed E-state index contributed by atoms with van der Waals surface area (Å²) in [6, 6.07) is 10.5. The van der Waals surface area contributed by atoms with Gasteiger partial charge in [0.25, 0.3) is 10.0 Å². The molecule has 7 nitrogen and oxygen atoms in total. The standard InChI is InChI=1S/C16H12Cl2N4O3S2/c17-11-6-12(18)8-14(7-11)27(24,25)22-13-3-1-10(2-4-13)5-15(23)20-16-21-19-9-26-16/h1-4,6-9,22H,5H2,(H,20,21,23). The molecule has 0 atom stereocenters. The minimum absolute atomic E-state index is 0.0412. The van der Waals surface area contributed by atoms with Gasteiger partial charge in [-0.15, -0.1) is 10.2 Å². The average Bonchev–Trinajstić information content (AvgIpc) is 3.08. The number of aromatic nitrogens is 2. The van der Waals surface area contributed by atoms with Crippen LogP contribution in [0.4, 0.5) is 10.8 Å². The minimum Gasteiger partial charge on any atom is -0.300 e. The van der Waals surface area contributed by atoms with E-state index in [0.29, 0.717) is 16.4 Å². The molecule has 1 amide bonds. The van der Waals surface area contributed by atoms with Gasteiger partial charge in [0.15, 0.2) is 0 Å². The summed E-state index contributed by atoms with van der Waals surface area (Å²) in [7, 11) is -3.84. The highest BCUT2D eigenvalue weighted by Crippen LogP contribution is 2.24. The van der Waals surface area contributed by atoms with Gasteiger partial charge in [0.1, 0.15) is 5.51 Å². The Morgan fingerprint density at radius 1 is 1.07 bits per heavy atom. The SMILES string of the molecule is O=C(Cc1ccc(NS(=O)(=O)c2cc(Cl)cc(Cl)c2)cc1)Nc1nncs1. The Balaban J connectivity index is 1.67. The van der Waals surface area contributed by atoms with E-state index in [-0.39, 0.29) is 27.3 Å². The van der Waals surface area contributed by atoms with Crippen molar-refractivity contribution in [2.75, 3.05) is 10.0 Å². The van der Waals surface area contributed by atoms with Crippen molar-refractivity contribution in [3.63, 3.8) is 0 Å². The molecule has 0 unspecified atom stereocenters. The first-order valence-electron chi connectivity index (χ1n) is 7.46. The van der Waals surface area contributed by atoms with E-state index in [1.54, 1.807) is 24.3 Å². The van der Waals surface area contributed by atoms with Gasteiger partial charge in [-0.2, -0.15) is 0 Å². The quantitative estimate of drug-likeness (QED) is 0.603. The number of rotatable bonds is 6. The number of hydrogen-bond donors (Lipinski definition) is 2. The smallest absolute Gasteiger partial charge is 0.261 e. The molecule has 11 heteroatoms. The summed E-state index contributed by atoms with van der Waals surface area (Å²) >= 11 is 12.9. The summed E-state index contributed by atoms with van der Waals surface area (Å²) in [5.74, 6) is -0.242. The highest BCUT2D eigenvalue weighted by atomic mass is 35.5. The fraction of sp³-hybridized carbons (Fsp3) is 0.0625. The Bertz CT molecular complexity index is 1040. The third-order valence-corrected chi connectivity index (χ3v) is 5.73. The number of halogens is 2. The zero-order valence-electron chi connectivity index (χ0n) is 13.5. The molecule has 3 aromatic rings. The lowest BCUT2D eigenvalue weighted by Gasteiger charge is -2.10. The van der Waals surface area contributed by atoms with Crippen molar-refractivity contribution in [1.29, 1.82) is 0 Å². The van der Waals surface area contributed by atoms with E-state index in [2.05, 4.69) is 20.2 Å². The maximum Gasteiger partial charge on any atom is 0.261 e. The highest BCUT2D eigenvalue weighted by Gasteiger charge is 2.16. The molecule has 0 aliphatic heterocycles. The lowest BCUT2D eigenvalue weighted by Crippen LogP contribution is -2.15. The van der Waals surface area contributed by atoms with Gasteiger partial charge < -0.3 is 5.32 Å². The van der Waals surface area contributed by atoms with Gasteiger partial charge >= 0.3 is 0 Å². The molecule has 0 fully saturated rings. The number of nitrogens with zero attached hydrogens (tertiary/aromatic N) is 2. The summed E-state index contributed by atoms with van der Waals surface area (Å²) in [6.45, 7) is 0. The molecule has 0 saturated carbocycles. The van der Waals surface area contributed by atoms with Crippen LogP contribution in [0.15, 0.2) is 52.9 Å². The summed E-state index contributed by atoms with van der Waals surface area (Å²) in [5, 5.41) is 10.9. The Morgan fingerprint density at radius 2 is 1.74 bits per heavy atom. The van der Waals surface area contributed by atoms with Crippen LogP contribution >= 0.6 is 34.5 Å². The van der Waals surface area contributed by atoms with Crippen molar-refractivity contribution in [1.82, 2.24) is 10.2 Å². The molecule has 0 aliphatic carbocycles. The molecule has 2 aromatic carbocycles. The van der Waals surface area contributed by atoms with Gasteiger partial charge in [-0.05, 0) is 35.9 Å². The molecule has 27 heavy (non-hydrogen) atoms. The minimum atomic E-state index is -3.84. The average molecular weight is 443 g/mol.